The van der Waals surface area contributed by atoms with Crippen molar-refractivity contribution in [2.45, 2.75) is 39.3 Å². The van der Waals surface area contributed by atoms with Crippen molar-refractivity contribution in [3.8, 4) is 0 Å². The molecule has 38 heavy (non-hydrogen) atoms. The molecule has 6 nitrogen and oxygen atoms in total. The van der Waals surface area contributed by atoms with Gasteiger partial charge < -0.3 is 9.13 Å². The van der Waals surface area contributed by atoms with Crippen LogP contribution in [0.15, 0.2) is 0 Å². The summed E-state index contributed by atoms with van der Waals surface area (Å²) in [5, 5.41) is 0. The van der Waals surface area contributed by atoms with Crippen molar-refractivity contribution < 1.29 is 54.3 Å². The van der Waals surface area contributed by atoms with Gasteiger partial charge in [0.1, 0.15) is 0 Å². The van der Waals surface area contributed by atoms with Gasteiger partial charge in [-0.1, -0.05) is 39.3 Å². The molecule has 0 radical (unpaired) electrons. The fraction of sp³-hybridized carbons (Fsp3) is 0.273. The first kappa shape index (κ1) is 29.2. The Bertz CT molecular complexity index is 1260. The van der Waals surface area contributed by atoms with Crippen LogP contribution in [0.1, 0.15) is 41.4 Å². The van der Waals surface area contributed by atoms with Crippen molar-refractivity contribution in [1.29, 1.82) is 0 Å². The fourth-order valence-corrected chi connectivity index (χ4v) is 6.80. The Morgan fingerprint density at radius 2 is 0.526 bits per heavy atom. The molecule has 0 bridgehead atoms. The van der Waals surface area contributed by atoms with Crippen LogP contribution in [0.25, 0.3) is 0 Å². The van der Waals surface area contributed by atoms with E-state index in [0.29, 0.717) is 9.13 Å². The minimum absolute atomic E-state index is 0.711. The SMILES string of the molecule is C[Si](C)(C)N1C(=O)c2c(F)c(F)c(F)c(F)c2C1=O.C[Si](C)(C)N1C(=O)c2c(F)c(F)c(F)c(F)c2C1=O. The molecule has 2 aliphatic rings. The fourth-order valence-electron chi connectivity index (χ4n) is 3.92. The summed E-state index contributed by atoms with van der Waals surface area (Å²) in [6, 6.07) is 0. The van der Waals surface area contributed by atoms with Crippen molar-refractivity contribution in [2.75, 3.05) is 0 Å². The molecule has 4 rings (SSSR count). The zero-order valence-electron chi connectivity index (χ0n) is 20.6. The van der Waals surface area contributed by atoms with Crippen LogP contribution in [0.5, 0.6) is 0 Å². The second-order valence-electron chi connectivity index (χ2n) is 10.2. The molecule has 0 aliphatic carbocycles. The van der Waals surface area contributed by atoms with E-state index < -0.39 is 109 Å². The molecule has 0 fully saturated rings. The first-order valence-corrected chi connectivity index (χ1v) is 17.6. The lowest BCUT2D eigenvalue weighted by Gasteiger charge is -2.27. The Labute approximate surface area is 212 Å². The molecule has 204 valence electrons. The molecular formula is C22H18F8N2O4Si2. The lowest BCUT2D eigenvalue weighted by molar-refractivity contribution is 0.0732. The number of rotatable bonds is 2. The van der Waals surface area contributed by atoms with Crippen LogP contribution in [0.4, 0.5) is 35.1 Å². The van der Waals surface area contributed by atoms with E-state index in [1.165, 1.54) is 0 Å². The zero-order valence-corrected chi connectivity index (χ0v) is 22.6. The summed E-state index contributed by atoms with van der Waals surface area (Å²) in [5.74, 6) is -20.1. The van der Waals surface area contributed by atoms with E-state index in [0.717, 1.165) is 0 Å². The third kappa shape index (κ3) is 4.15. The highest BCUT2D eigenvalue weighted by Crippen LogP contribution is 2.35. The minimum atomic E-state index is -2.57. The molecule has 0 saturated heterocycles. The molecule has 4 amide bonds. The minimum Gasteiger partial charge on any atom is -0.304 e. The Morgan fingerprint density at radius 3 is 0.658 bits per heavy atom. The Morgan fingerprint density at radius 1 is 0.368 bits per heavy atom. The number of hydrogen-bond donors (Lipinski definition) is 0. The zero-order chi connectivity index (χ0) is 29.4. The second kappa shape index (κ2) is 9.11. The topological polar surface area (TPSA) is 74.8 Å². The van der Waals surface area contributed by atoms with Crippen molar-refractivity contribution in [2.24, 2.45) is 0 Å². The van der Waals surface area contributed by atoms with Gasteiger partial charge in [-0.3, -0.25) is 19.2 Å². The van der Waals surface area contributed by atoms with Crippen LogP contribution in [-0.2, 0) is 0 Å². The average molecular weight is 583 g/mol. The summed E-state index contributed by atoms with van der Waals surface area (Å²) in [5.41, 5.74) is -4.10. The van der Waals surface area contributed by atoms with E-state index in [1.54, 1.807) is 39.3 Å². The van der Waals surface area contributed by atoms with Crippen LogP contribution >= 0.6 is 0 Å². The molecule has 0 saturated carbocycles. The number of benzene rings is 2. The molecule has 0 unspecified atom stereocenters. The standard InChI is InChI=1S/2C11H9F4NO2Si/c2*1-19(2,3)16-10(17)4-5(11(16)18)7(13)9(15)8(14)6(4)12/h2*1-3H3. The Hall–Kier alpha value is -3.41. The number of nitrogens with zero attached hydrogens (tertiary/aromatic N) is 2. The van der Waals surface area contributed by atoms with E-state index >= 15 is 0 Å². The molecule has 0 spiro atoms. The molecule has 0 aromatic heterocycles. The largest absolute Gasteiger partial charge is 0.304 e. The molecule has 0 atom stereocenters. The first-order valence-electron chi connectivity index (χ1n) is 10.7. The van der Waals surface area contributed by atoms with Gasteiger partial charge in [0.15, 0.2) is 63.0 Å². The summed E-state index contributed by atoms with van der Waals surface area (Å²) < 4.78 is 108. The van der Waals surface area contributed by atoms with E-state index in [-0.39, 0.29) is 0 Å². The van der Waals surface area contributed by atoms with Crippen LogP contribution in [0.3, 0.4) is 0 Å². The predicted octanol–water partition coefficient (Wildman–Crippen LogP) is 5.35. The van der Waals surface area contributed by atoms with Crippen molar-refractivity contribution in [1.82, 2.24) is 9.13 Å². The summed E-state index contributed by atoms with van der Waals surface area (Å²) in [6.45, 7) is 9.57. The van der Waals surface area contributed by atoms with Crippen LogP contribution in [0.2, 0.25) is 39.3 Å². The number of amides is 4. The van der Waals surface area contributed by atoms with Gasteiger partial charge in [0, 0.05) is 0 Å². The number of imide groups is 2. The van der Waals surface area contributed by atoms with Crippen LogP contribution in [0, 0.1) is 46.5 Å². The summed E-state index contributed by atoms with van der Waals surface area (Å²) in [4.78, 5) is 47.7. The van der Waals surface area contributed by atoms with Gasteiger partial charge in [0.05, 0.1) is 22.3 Å². The monoisotopic (exact) mass is 582 g/mol. The molecule has 0 N–H and O–H groups in total. The lowest BCUT2D eigenvalue weighted by Crippen LogP contribution is -2.49. The average Bonchev–Trinajstić information content (AvgIpc) is 3.22. The Balaban J connectivity index is 0.000000211. The molecule has 2 aliphatic heterocycles. The summed E-state index contributed by atoms with van der Waals surface area (Å²) in [7, 11) is -5.15. The maximum Gasteiger partial charge on any atom is 0.256 e. The molecule has 2 aromatic rings. The normalized spacial score (nSPS) is 15.2. The molecule has 2 aromatic carbocycles. The quantitative estimate of drug-likeness (QED) is 0.157. The maximum atomic E-state index is 13.6. The van der Waals surface area contributed by atoms with Gasteiger partial charge in [-0.25, -0.2) is 35.1 Å². The number of carbonyl (C=O) groups excluding carboxylic acids is 4. The molecule has 16 heteroatoms. The van der Waals surface area contributed by atoms with E-state index in [9.17, 15) is 54.3 Å². The van der Waals surface area contributed by atoms with E-state index in [1.807, 2.05) is 0 Å². The van der Waals surface area contributed by atoms with Crippen molar-refractivity contribution in [3.05, 3.63) is 68.8 Å². The van der Waals surface area contributed by atoms with Crippen molar-refractivity contribution >= 4 is 40.1 Å². The third-order valence-electron chi connectivity index (χ3n) is 5.54. The predicted molar refractivity (Wildman–Crippen MR) is 120 cm³/mol. The van der Waals surface area contributed by atoms with Gasteiger partial charge in [0.2, 0.25) is 0 Å². The summed E-state index contributed by atoms with van der Waals surface area (Å²) >= 11 is 0. The highest BCUT2D eigenvalue weighted by atomic mass is 28.3. The smallest absolute Gasteiger partial charge is 0.256 e. The third-order valence-corrected chi connectivity index (χ3v) is 9.04. The first-order chi connectivity index (χ1) is 17.2. The van der Waals surface area contributed by atoms with Gasteiger partial charge >= 0.3 is 0 Å². The number of hydrogen-bond acceptors (Lipinski definition) is 4. The van der Waals surface area contributed by atoms with Gasteiger partial charge in [0.25, 0.3) is 23.6 Å². The molecule has 2 heterocycles. The van der Waals surface area contributed by atoms with E-state index in [4.69, 9.17) is 0 Å². The van der Waals surface area contributed by atoms with Crippen LogP contribution < -0.4 is 0 Å². The molecular weight excluding hydrogens is 564 g/mol. The van der Waals surface area contributed by atoms with E-state index in [2.05, 4.69) is 0 Å². The Kier molecular flexibility index (Phi) is 6.99. The number of halogens is 8. The summed E-state index contributed by atoms with van der Waals surface area (Å²) in [6.07, 6.45) is 0. The maximum absolute atomic E-state index is 13.6. The van der Waals surface area contributed by atoms with Crippen LogP contribution in [-0.4, -0.2) is 49.2 Å². The number of fused-ring (bicyclic) bond motifs is 2. The van der Waals surface area contributed by atoms with Gasteiger partial charge in [-0.2, -0.15) is 0 Å². The van der Waals surface area contributed by atoms with Crippen molar-refractivity contribution in [3.63, 3.8) is 0 Å². The highest BCUT2D eigenvalue weighted by Gasteiger charge is 2.49. The van der Waals surface area contributed by atoms with Gasteiger partial charge in [-0.15, -0.1) is 0 Å². The highest BCUT2D eigenvalue weighted by molar-refractivity contribution is 6.79. The second-order valence-corrected chi connectivity index (χ2v) is 19.8. The van der Waals surface area contributed by atoms with Gasteiger partial charge in [-0.05, 0) is 0 Å². The lowest BCUT2D eigenvalue weighted by atomic mass is 10.1. The number of carbonyl (C=O) groups is 4.